The van der Waals surface area contributed by atoms with Crippen LogP contribution in [0.25, 0.3) is 0 Å². The molecule has 0 bridgehead atoms. The number of hydrogen-bond acceptors (Lipinski definition) is 3. The number of nitrogens with one attached hydrogen (secondary N) is 1. The zero-order valence-corrected chi connectivity index (χ0v) is 13.6. The first-order valence-corrected chi connectivity index (χ1v) is 7.31. The predicted molar refractivity (Wildman–Crippen MR) is 78.3 cm³/mol. The van der Waals surface area contributed by atoms with Gasteiger partial charge in [0.25, 0.3) is 0 Å². The standard InChI is InChI=1S/C15H28N2O3/c1-11(2)7-9-20-10-8-17-13(19)14(3,4)16-12(18)15(17,5)6/h11H,7-10H2,1-6H3,(H,16,18). The lowest BCUT2D eigenvalue weighted by atomic mass is 9.90. The highest BCUT2D eigenvalue weighted by molar-refractivity contribution is 6.01. The number of ether oxygens (including phenoxy) is 1. The Morgan fingerprint density at radius 3 is 2.30 bits per heavy atom. The van der Waals surface area contributed by atoms with Gasteiger partial charge in [-0.1, -0.05) is 13.8 Å². The summed E-state index contributed by atoms with van der Waals surface area (Å²) in [6.45, 7) is 12.9. The summed E-state index contributed by atoms with van der Waals surface area (Å²) in [4.78, 5) is 26.2. The number of carbonyl (C=O) groups excluding carboxylic acids is 2. The van der Waals surface area contributed by atoms with Gasteiger partial charge in [-0.3, -0.25) is 9.59 Å². The number of piperazine rings is 1. The van der Waals surface area contributed by atoms with Gasteiger partial charge in [0.2, 0.25) is 11.8 Å². The van der Waals surface area contributed by atoms with Crippen LogP contribution in [0, 0.1) is 5.92 Å². The third kappa shape index (κ3) is 3.72. The third-order valence-corrected chi connectivity index (χ3v) is 3.74. The van der Waals surface area contributed by atoms with Gasteiger partial charge in [-0.25, -0.2) is 0 Å². The Morgan fingerprint density at radius 1 is 1.15 bits per heavy atom. The molecule has 1 N–H and O–H groups in total. The molecule has 116 valence electrons. The molecule has 1 rings (SSSR count). The van der Waals surface area contributed by atoms with E-state index in [1.807, 2.05) is 0 Å². The number of hydrogen-bond donors (Lipinski definition) is 1. The molecule has 1 fully saturated rings. The Hall–Kier alpha value is -1.10. The van der Waals surface area contributed by atoms with Crippen molar-refractivity contribution >= 4 is 11.8 Å². The SMILES string of the molecule is CC(C)CCOCCN1C(=O)C(C)(C)NC(=O)C1(C)C. The molecular weight excluding hydrogens is 256 g/mol. The quantitative estimate of drug-likeness (QED) is 0.753. The van der Waals surface area contributed by atoms with Crippen LogP contribution < -0.4 is 5.32 Å². The fraction of sp³-hybridized carbons (Fsp3) is 0.867. The van der Waals surface area contributed by atoms with Gasteiger partial charge in [0, 0.05) is 13.2 Å². The van der Waals surface area contributed by atoms with Crippen LogP contribution in [0.15, 0.2) is 0 Å². The van der Waals surface area contributed by atoms with E-state index in [9.17, 15) is 9.59 Å². The maximum absolute atomic E-state index is 12.4. The topological polar surface area (TPSA) is 58.6 Å². The summed E-state index contributed by atoms with van der Waals surface area (Å²) >= 11 is 0. The number of amides is 2. The highest BCUT2D eigenvalue weighted by atomic mass is 16.5. The molecule has 0 aromatic rings. The molecule has 1 saturated heterocycles. The van der Waals surface area contributed by atoms with Gasteiger partial charge in [-0.2, -0.15) is 0 Å². The van der Waals surface area contributed by atoms with E-state index in [4.69, 9.17) is 4.74 Å². The van der Waals surface area contributed by atoms with Gasteiger partial charge >= 0.3 is 0 Å². The number of rotatable bonds is 6. The molecule has 20 heavy (non-hydrogen) atoms. The fourth-order valence-corrected chi connectivity index (χ4v) is 2.16. The van der Waals surface area contributed by atoms with Crippen LogP contribution in [0.5, 0.6) is 0 Å². The van der Waals surface area contributed by atoms with E-state index >= 15 is 0 Å². The molecule has 1 aliphatic rings. The molecule has 5 heteroatoms. The third-order valence-electron chi connectivity index (χ3n) is 3.74. The fourth-order valence-electron chi connectivity index (χ4n) is 2.16. The Morgan fingerprint density at radius 2 is 1.75 bits per heavy atom. The smallest absolute Gasteiger partial charge is 0.248 e. The van der Waals surface area contributed by atoms with Crippen molar-refractivity contribution in [3.05, 3.63) is 0 Å². The molecule has 0 unspecified atom stereocenters. The molecule has 1 aliphatic heterocycles. The molecule has 5 nitrogen and oxygen atoms in total. The first-order chi connectivity index (χ1) is 9.09. The van der Waals surface area contributed by atoms with E-state index in [1.165, 1.54) is 0 Å². The molecule has 0 spiro atoms. The molecule has 0 aromatic carbocycles. The van der Waals surface area contributed by atoms with Crippen LogP contribution in [0.2, 0.25) is 0 Å². The second kappa shape index (κ2) is 6.12. The van der Waals surface area contributed by atoms with Gasteiger partial charge in [-0.05, 0) is 40.0 Å². The summed E-state index contributed by atoms with van der Waals surface area (Å²) in [6, 6.07) is 0. The Labute approximate surface area is 122 Å². The molecule has 0 aliphatic carbocycles. The predicted octanol–water partition coefficient (Wildman–Crippen LogP) is 1.56. The highest BCUT2D eigenvalue weighted by Crippen LogP contribution is 2.25. The zero-order chi connectivity index (χ0) is 15.6. The minimum Gasteiger partial charge on any atom is -0.380 e. The number of carbonyl (C=O) groups is 2. The maximum atomic E-state index is 12.4. The van der Waals surface area contributed by atoms with Gasteiger partial charge < -0.3 is 15.0 Å². The van der Waals surface area contributed by atoms with Crippen molar-refractivity contribution in [2.75, 3.05) is 19.8 Å². The molecule has 2 amide bonds. The first-order valence-electron chi connectivity index (χ1n) is 7.31. The highest BCUT2D eigenvalue weighted by Gasteiger charge is 2.49. The Balaban J connectivity index is 2.60. The molecular formula is C15H28N2O3. The lowest BCUT2D eigenvalue weighted by Gasteiger charge is -2.47. The normalized spacial score (nSPS) is 21.2. The number of nitrogens with zero attached hydrogens (tertiary/aromatic N) is 1. The summed E-state index contributed by atoms with van der Waals surface area (Å²) in [7, 11) is 0. The zero-order valence-electron chi connectivity index (χ0n) is 13.6. The van der Waals surface area contributed by atoms with Gasteiger partial charge in [0.1, 0.15) is 11.1 Å². The molecule has 0 aromatic heterocycles. The van der Waals surface area contributed by atoms with E-state index in [0.29, 0.717) is 25.7 Å². The van der Waals surface area contributed by atoms with E-state index in [1.54, 1.807) is 32.6 Å². The molecule has 0 radical (unpaired) electrons. The first kappa shape index (κ1) is 17.0. The monoisotopic (exact) mass is 284 g/mol. The lowest BCUT2D eigenvalue weighted by Crippen LogP contribution is -2.72. The largest absolute Gasteiger partial charge is 0.380 e. The van der Waals surface area contributed by atoms with Crippen molar-refractivity contribution in [1.29, 1.82) is 0 Å². The Kier molecular flexibility index (Phi) is 5.19. The van der Waals surface area contributed by atoms with Gasteiger partial charge in [0.05, 0.1) is 6.61 Å². The van der Waals surface area contributed by atoms with Crippen LogP contribution in [0.3, 0.4) is 0 Å². The molecule has 0 atom stereocenters. The van der Waals surface area contributed by atoms with Crippen LogP contribution in [-0.4, -0.2) is 47.6 Å². The van der Waals surface area contributed by atoms with Crippen molar-refractivity contribution in [3.63, 3.8) is 0 Å². The minimum atomic E-state index is -0.843. The van der Waals surface area contributed by atoms with Crippen molar-refractivity contribution in [1.82, 2.24) is 10.2 Å². The van der Waals surface area contributed by atoms with Gasteiger partial charge in [0.15, 0.2) is 0 Å². The van der Waals surface area contributed by atoms with Crippen LogP contribution >= 0.6 is 0 Å². The molecule has 1 heterocycles. The minimum absolute atomic E-state index is 0.0606. The van der Waals surface area contributed by atoms with Crippen LogP contribution in [0.1, 0.15) is 48.0 Å². The summed E-state index contributed by atoms with van der Waals surface area (Å²) < 4.78 is 5.57. The van der Waals surface area contributed by atoms with E-state index < -0.39 is 11.1 Å². The maximum Gasteiger partial charge on any atom is 0.248 e. The van der Waals surface area contributed by atoms with Crippen LogP contribution in [-0.2, 0) is 14.3 Å². The Bertz CT molecular complexity index is 375. The van der Waals surface area contributed by atoms with Crippen molar-refractivity contribution < 1.29 is 14.3 Å². The summed E-state index contributed by atoms with van der Waals surface area (Å²) in [6.07, 6.45) is 1.00. The lowest BCUT2D eigenvalue weighted by molar-refractivity contribution is -0.160. The summed E-state index contributed by atoms with van der Waals surface area (Å²) in [5.74, 6) is 0.423. The van der Waals surface area contributed by atoms with Crippen molar-refractivity contribution in [2.24, 2.45) is 5.92 Å². The van der Waals surface area contributed by atoms with Crippen molar-refractivity contribution in [2.45, 2.75) is 59.0 Å². The molecule has 0 saturated carbocycles. The second-order valence-corrected chi connectivity index (χ2v) is 6.89. The van der Waals surface area contributed by atoms with E-state index in [0.717, 1.165) is 6.42 Å². The average molecular weight is 284 g/mol. The summed E-state index contributed by atoms with van der Waals surface area (Å²) in [5.41, 5.74) is -1.67. The van der Waals surface area contributed by atoms with Crippen LogP contribution in [0.4, 0.5) is 0 Å². The summed E-state index contributed by atoms with van der Waals surface area (Å²) in [5, 5.41) is 2.77. The second-order valence-electron chi connectivity index (χ2n) is 6.89. The van der Waals surface area contributed by atoms with E-state index in [-0.39, 0.29) is 11.8 Å². The van der Waals surface area contributed by atoms with Crippen molar-refractivity contribution in [3.8, 4) is 0 Å². The van der Waals surface area contributed by atoms with Gasteiger partial charge in [-0.15, -0.1) is 0 Å². The van der Waals surface area contributed by atoms with E-state index in [2.05, 4.69) is 19.2 Å². The average Bonchev–Trinajstić information content (AvgIpc) is 2.30.